The van der Waals surface area contributed by atoms with Crippen LogP contribution in [0.1, 0.15) is 21.7 Å². The van der Waals surface area contributed by atoms with Gasteiger partial charge in [0, 0.05) is 17.9 Å². The van der Waals surface area contributed by atoms with Crippen LogP contribution in [0.5, 0.6) is 0 Å². The lowest BCUT2D eigenvalue weighted by Gasteiger charge is -2.28. The molecule has 4 amide bonds. The van der Waals surface area contributed by atoms with Crippen LogP contribution in [-0.4, -0.2) is 49.4 Å². The lowest BCUT2D eigenvalue weighted by atomic mass is 10.1. The van der Waals surface area contributed by atoms with Crippen LogP contribution in [0.25, 0.3) is 0 Å². The third-order valence-corrected chi connectivity index (χ3v) is 5.79. The fraction of sp³-hybridized carbons (Fsp3) is 0.300. The van der Waals surface area contributed by atoms with Crippen LogP contribution >= 0.6 is 22.9 Å². The van der Waals surface area contributed by atoms with Crippen molar-refractivity contribution in [2.45, 2.75) is 19.4 Å². The number of nitrogens with two attached hydrogens (primary N) is 1. The topological polar surface area (TPSA) is 131 Å². The zero-order valence-corrected chi connectivity index (χ0v) is 18.2. The molecular formula is C20H21ClN4O5S. The molecule has 3 rings (SSSR count). The normalized spacial score (nSPS) is 14.8. The number of amides is 4. The maximum atomic E-state index is 12.7. The number of thiophene rings is 1. The van der Waals surface area contributed by atoms with Gasteiger partial charge >= 0.3 is 0 Å². The predicted molar refractivity (Wildman–Crippen MR) is 117 cm³/mol. The van der Waals surface area contributed by atoms with Gasteiger partial charge in [-0.3, -0.25) is 19.2 Å². The van der Waals surface area contributed by atoms with Crippen molar-refractivity contribution < 1.29 is 23.9 Å². The molecule has 0 spiro atoms. The molecule has 0 saturated carbocycles. The Kier molecular flexibility index (Phi) is 7.26. The number of benzene rings is 1. The highest BCUT2D eigenvalue weighted by Crippen LogP contribution is 2.25. The minimum Gasteiger partial charge on any atom is -0.370 e. The second kappa shape index (κ2) is 9.90. The summed E-state index contributed by atoms with van der Waals surface area (Å²) in [4.78, 5) is 50.5. The summed E-state index contributed by atoms with van der Waals surface area (Å²) in [6.07, 6.45) is -0.365. The Morgan fingerprint density at radius 2 is 2.06 bits per heavy atom. The van der Waals surface area contributed by atoms with Gasteiger partial charge in [-0.05, 0) is 42.8 Å². The lowest BCUT2D eigenvalue weighted by molar-refractivity contribution is -0.125. The summed E-state index contributed by atoms with van der Waals surface area (Å²) < 4.78 is 5.57. The Morgan fingerprint density at radius 3 is 2.68 bits per heavy atom. The Bertz CT molecular complexity index is 1020. The number of hydrogen-bond donors (Lipinski definition) is 3. The van der Waals surface area contributed by atoms with Gasteiger partial charge in [0.2, 0.25) is 11.8 Å². The third kappa shape index (κ3) is 5.81. The van der Waals surface area contributed by atoms with Gasteiger partial charge in [0.05, 0.1) is 22.2 Å². The van der Waals surface area contributed by atoms with E-state index in [1.807, 2.05) is 6.92 Å². The van der Waals surface area contributed by atoms with Gasteiger partial charge in [-0.25, -0.2) is 0 Å². The Labute approximate surface area is 187 Å². The van der Waals surface area contributed by atoms with Crippen molar-refractivity contribution in [3.63, 3.8) is 0 Å². The second-order valence-corrected chi connectivity index (χ2v) is 8.60. The average Bonchev–Trinajstić information content (AvgIpc) is 3.14. The number of ether oxygens (including phenoxy) is 1. The molecule has 1 unspecified atom stereocenters. The molecule has 1 fully saturated rings. The molecular weight excluding hydrogens is 444 g/mol. The molecule has 1 aromatic carbocycles. The van der Waals surface area contributed by atoms with Crippen molar-refractivity contribution in [2.75, 3.05) is 30.0 Å². The molecule has 1 aromatic heterocycles. The summed E-state index contributed by atoms with van der Waals surface area (Å²) >= 11 is 6.90. The highest BCUT2D eigenvalue weighted by molar-refractivity contribution is 7.18. The number of nitrogens with zero attached hydrogens (tertiary/aromatic N) is 1. The summed E-state index contributed by atoms with van der Waals surface area (Å²) in [5, 5.41) is 5.19. The first-order valence-corrected chi connectivity index (χ1v) is 10.6. The number of primary amides is 1. The van der Waals surface area contributed by atoms with E-state index in [1.54, 1.807) is 29.2 Å². The largest absolute Gasteiger partial charge is 0.370 e. The van der Waals surface area contributed by atoms with E-state index in [1.165, 1.54) is 6.07 Å². The Balaban J connectivity index is 1.71. The van der Waals surface area contributed by atoms with Crippen LogP contribution in [-0.2, 0) is 19.1 Å². The summed E-state index contributed by atoms with van der Waals surface area (Å²) in [6, 6.07) is 7.00. The average molecular weight is 465 g/mol. The van der Waals surface area contributed by atoms with Crippen LogP contribution in [0, 0.1) is 6.92 Å². The first-order valence-electron chi connectivity index (χ1n) is 9.38. The summed E-state index contributed by atoms with van der Waals surface area (Å²) in [6.45, 7) is 2.75. The van der Waals surface area contributed by atoms with Gasteiger partial charge in [0.1, 0.15) is 12.6 Å². The second-order valence-electron chi connectivity index (χ2n) is 6.89. The summed E-state index contributed by atoms with van der Waals surface area (Å²) in [5.41, 5.74) is 7.20. The zero-order chi connectivity index (χ0) is 22.5. The zero-order valence-electron chi connectivity index (χ0n) is 16.6. The number of morpholine rings is 1. The van der Waals surface area contributed by atoms with E-state index < -0.39 is 23.8 Å². The van der Waals surface area contributed by atoms with E-state index in [0.29, 0.717) is 28.1 Å². The molecule has 2 heterocycles. The van der Waals surface area contributed by atoms with Crippen molar-refractivity contribution in [3.8, 4) is 0 Å². The van der Waals surface area contributed by atoms with Crippen LogP contribution < -0.4 is 21.3 Å². The number of nitrogens with one attached hydrogen (secondary N) is 2. The maximum absolute atomic E-state index is 12.7. The fourth-order valence-corrected chi connectivity index (χ4v) is 4.06. The number of halogens is 1. The molecule has 1 aliphatic heterocycles. The molecule has 0 aliphatic carbocycles. The maximum Gasteiger partial charge on any atom is 0.262 e. The van der Waals surface area contributed by atoms with Crippen LogP contribution in [0.4, 0.5) is 11.4 Å². The van der Waals surface area contributed by atoms with Gasteiger partial charge in [0.15, 0.2) is 0 Å². The van der Waals surface area contributed by atoms with Crippen molar-refractivity contribution in [1.82, 2.24) is 5.32 Å². The highest BCUT2D eigenvalue weighted by Gasteiger charge is 2.25. The Hall–Kier alpha value is -2.95. The van der Waals surface area contributed by atoms with Crippen molar-refractivity contribution >= 4 is 57.9 Å². The van der Waals surface area contributed by atoms with Gasteiger partial charge < -0.3 is 26.0 Å². The molecule has 4 N–H and O–H groups in total. The smallest absolute Gasteiger partial charge is 0.262 e. The molecule has 1 atom stereocenters. The minimum absolute atomic E-state index is 0.0296. The third-order valence-electron chi connectivity index (χ3n) is 4.57. The number of aryl methyl sites for hydroxylation is 1. The van der Waals surface area contributed by atoms with E-state index in [0.717, 1.165) is 22.6 Å². The van der Waals surface area contributed by atoms with Crippen molar-refractivity contribution in [3.05, 3.63) is 45.1 Å². The summed E-state index contributed by atoms with van der Waals surface area (Å²) in [5.74, 6) is -1.99. The molecule has 31 heavy (non-hydrogen) atoms. The minimum atomic E-state index is -1.16. The predicted octanol–water partition coefficient (Wildman–Crippen LogP) is 1.69. The summed E-state index contributed by atoms with van der Waals surface area (Å²) in [7, 11) is 0. The van der Waals surface area contributed by atoms with Gasteiger partial charge in [0.25, 0.3) is 11.8 Å². The van der Waals surface area contributed by atoms with Crippen molar-refractivity contribution in [2.24, 2.45) is 5.73 Å². The molecule has 11 heteroatoms. The monoisotopic (exact) mass is 464 g/mol. The van der Waals surface area contributed by atoms with Gasteiger partial charge in [-0.1, -0.05) is 11.6 Å². The molecule has 0 radical (unpaired) electrons. The van der Waals surface area contributed by atoms with E-state index >= 15 is 0 Å². The van der Waals surface area contributed by atoms with Crippen LogP contribution in [0.15, 0.2) is 30.3 Å². The molecule has 2 aromatic rings. The van der Waals surface area contributed by atoms with E-state index in [2.05, 4.69) is 10.6 Å². The number of carbonyl (C=O) groups is 4. The van der Waals surface area contributed by atoms with Crippen LogP contribution in [0.3, 0.4) is 0 Å². The lowest BCUT2D eigenvalue weighted by Crippen LogP contribution is -2.45. The molecule has 1 aliphatic rings. The van der Waals surface area contributed by atoms with E-state index in [4.69, 9.17) is 22.1 Å². The standard InChI is InChI=1S/C20H21ClN4O5S/c1-11-8-12(2-3-14(11)25-6-7-30-10-18(25)27)23-19(28)13(9-17(22)26)24-20(29)15-4-5-16(21)31-15/h2-5,8,13H,6-7,9-10H2,1H3,(H2,22,26)(H,23,28)(H,24,29). The highest BCUT2D eigenvalue weighted by atomic mass is 35.5. The molecule has 164 valence electrons. The number of hydrogen-bond acceptors (Lipinski definition) is 6. The SMILES string of the molecule is Cc1cc(NC(=O)C(CC(N)=O)NC(=O)c2ccc(Cl)s2)ccc1N1CCOCC1=O. The van der Waals surface area contributed by atoms with E-state index in [9.17, 15) is 19.2 Å². The quantitative estimate of drug-likeness (QED) is 0.573. The van der Waals surface area contributed by atoms with E-state index in [-0.39, 0.29) is 18.9 Å². The van der Waals surface area contributed by atoms with Crippen molar-refractivity contribution in [1.29, 1.82) is 0 Å². The fourth-order valence-electron chi connectivity index (χ4n) is 3.11. The first kappa shape index (κ1) is 22.7. The number of anilines is 2. The number of rotatable bonds is 7. The molecule has 1 saturated heterocycles. The molecule has 0 bridgehead atoms. The first-order chi connectivity index (χ1) is 14.7. The number of carbonyl (C=O) groups excluding carboxylic acids is 4. The van der Waals surface area contributed by atoms with Gasteiger partial charge in [-0.15, -0.1) is 11.3 Å². The van der Waals surface area contributed by atoms with Crippen LogP contribution in [0.2, 0.25) is 4.34 Å². The molecule has 9 nitrogen and oxygen atoms in total. The van der Waals surface area contributed by atoms with Gasteiger partial charge in [-0.2, -0.15) is 0 Å². The Morgan fingerprint density at radius 1 is 1.29 bits per heavy atom.